The molecule has 3 aromatic rings. The molecule has 176 valence electrons. The van der Waals surface area contributed by atoms with Crippen LogP contribution < -0.4 is 4.74 Å². The van der Waals surface area contributed by atoms with Crippen LogP contribution in [0.15, 0.2) is 60.0 Å². The molecule has 34 heavy (non-hydrogen) atoms. The zero-order valence-electron chi connectivity index (χ0n) is 18.5. The number of carbonyl (C=O) groups is 2. The molecule has 1 aliphatic heterocycles. The fourth-order valence-electron chi connectivity index (χ4n) is 4.36. The van der Waals surface area contributed by atoms with Crippen molar-refractivity contribution < 1.29 is 18.7 Å². The van der Waals surface area contributed by atoms with Crippen LogP contribution in [0.1, 0.15) is 39.7 Å². The summed E-state index contributed by atoms with van der Waals surface area (Å²) in [6.45, 7) is 0.768. The Morgan fingerprint density at radius 2 is 1.88 bits per heavy atom. The van der Waals surface area contributed by atoms with Crippen molar-refractivity contribution in [2.75, 3.05) is 19.7 Å². The molecule has 1 atom stereocenters. The van der Waals surface area contributed by atoms with E-state index in [9.17, 15) is 14.0 Å². The first-order valence-corrected chi connectivity index (χ1v) is 12.6. The molecule has 0 spiro atoms. The van der Waals surface area contributed by atoms with Gasteiger partial charge in [-0.2, -0.15) is 0 Å². The number of rotatable bonds is 7. The summed E-state index contributed by atoms with van der Waals surface area (Å²) in [5.41, 5.74) is 1.08. The average molecular weight is 499 g/mol. The summed E-state index contributed by atoms with van der Waals surface area (Å²) in [4.78, 5) is 31.2. The predicted octanol–water partition coefficient (Wildman–Crippen LogP) is 5.35. The van der Waals surface area contributed by atoms with Crippen LogP contribution in [0.3, 0.4) is 0 Å². The molecule has 1 saturated carbocycles. The SMILES string of the molecule is O=C(c1ccccc1F)N(CC(=O)N1CCc2sccc2C1COc1ccc(Cl)cc1)C1CC1. The summed E-state index contributed by atoms with van der Waals surface area (Å²) in [6, 6.07) is 14.8. The summed E-state index contributed by atoms with van der Waals surface area (Å²) in [7, 11) is 0. The molecule has 2 aromatic carbocycles. The van der Waals surface area contributed by atoms with E-state index >= 15 is 0 Å². The molecule has 0 bridgehead atoms. The zero-order chi connectivity index (χ0) is 23.7. The molecule has 2 aliphatic rings. The number of halogens is 2. The number of benzene rings is 2. The summed E-state index contributed by atoms with van der Waals surface area (Å²) in [6.07, 6.45) is 2.41. The van der Waals surface area contributed by atoms with Crippen LogP contribution in [-0.2, 0) is 11.2 Å². The van der Waals surface area contributed by atoms with E-state index in [4.69, 9.17) is 16.3 Å². The van der Waals surface area contributed by atoms with E-state index in [1.807, 2.05) is 11.4 Å². The van der Waals surface area contributed by atoms with Gasteiger partial charge in [-0.05, 0) is 72.7 Å². The highest BCUT2D eigenvalue weighted by Gasteiger charge is 2.38. The molecule has 0 saturated heterocycles. The van der Waals surface area contributed by atoms with Gasteiger partial charge in [-0.15, -0.1) is 11.3 Å². The number of fused-ring (bicyclic) bond motifs is 1. The van der Waals surface area contributed by atoms with Gasteiger partial charge in [-0.25, -0.2) is 4.39 Å². The Morgan fingerprint density at radius 1 is 1.12 bits per heavy atom. The molecular formula is C26H24ClFN2O3S. The number of hydrogen-bond acceptors (Lipinski definition) is 4. The Hall–Kier alpha value is -2.90. The van der Waals surface area contributed by atoms with Crippen LogP contribution in [0.2, 0.25) is 5.02 Å². The Morgan fingerprint density at radius 3 is 2.62 bits per heavy atom. The van der Waals surface area contributed by atoms with Gasteiger partial charge in [-0.3, -0.25) is 9.59 Å². The molecule has 0 radical (unpaired) electrons. The Labute approximate surface area is 206 Å². The van der Waals surface area contributed by atoms with Crippen molar-refractivity contribution >= 4 is 34.8 Å². The topological polar surface area (TPSA) is 49.9 Å². The van der Waals surface area contributed by atoms with Gasteiger partial charge in [0.2, 0.25) is 5.91 Å². The van der Waals surface area contributed by atoms with Gasteiger partial charge in [-0.1, -0.05) is 23.7 Å². The van der Waals surface area contributed by atoms with Gasteiger partial charge < -0.3 is 14.5 Å². The van der Waals surface area contributed by atoms with E-state index < -0.39 is 11.7 Å². The minimum absolute atomic E-state index is 0.00332. The normalized spacial score (nSPS) is 17.2. The fourth-order valence-corrected chi connectivity index (χ4v) is 5.41. The minimum Gasteiger partial charge on any atom is -0.491 e. The number of hydrogen-bond donors (Lipinski definition) is 0. The van der Waals surface area contributed by atoms with Crippen LogP contribution >= 0.6 is 22.9 Å². The van der Waals surface area contributed by atoms with Gasteiger partial charge in [0.1, 0.15) is 24.7 Å². The standard InChI is InChI=1S/C26H24ClFN2O3S/c27-17-5-9-19(10-6-17)33-16-23-21-12-14-34-24(21)11-13-29(23)25(31)15-30(18-7-8-18)26(32)20-3-1-2-4-22(20)28/h1-6,9-10,12,14,18,23H,7-8,11,13,15-16H2. The van der Waals surface area contributed by atoms with Crippen LogP contribution in [0.5, 0.6) is 5.75 Å². The molecule has 1 aromatic heterocycles. The maximum atomic E-state index is 14.3. The Bertz CT molecular complexity index is 1190. The second-order valence-corrected chi connectivity index (χ2v) is 10.00. The quantitative estimate of drug-likeness (QED) is 0.441. The Kier molecular flexibility index (Phi) is 6.57. The molecule has 8 heteroatoms. The fraction of sp³-hybridized carbons (Fsp3) is 0.308. The summed E-state index contributed by atoms with van der Waals surface area (Å²) in [5.74, 6) is -0.483. The van der Waals surface area contributed by atoms with Crippen molar-refractivity contribution in [1.29, 1.82) is 0 Å². The van der Waals surface area contributed by atoms with E-state index in [2.05, 4.69) is 0 Å². The van der Waals surface area contributed by atoms with Gasteiger partial charge >= 0.3 is 0 Å². The van der Waals surface area contributed by atoms with Crippen molar-refractivity contribution in [2.45, 2.75) is 31.3 Å². The van der Waals surface area contributed by atoms with Gasteiger partial charge in [0.15, 0.2) is 0 Å². The smallest absolute Gasteiger partial charge is 0.257 e. The number of thiophene rings is 1. The lowest BCUT2D eigenvalue weighted by atomic mass is 10.0. The van der Waals surface area contributed by atoms with Gasteiger partial charge in [0.05, 0.1) is 11.6 Å². The number of nitrogens with zero attached hydrogens (tertiary/aromatic N) is 2. The van der Waals surface area contributed by atoms with Crippen molar-refractivity contribution in [2.24, 2.45) is 0 Å². The molecule has 5 nitrogen and oxygen atoms in total. The second-order valence-electron chi connectivity index (χ2n) is 8.56. The van der Waals surface area contributed by atoms with Crippen molar-refractivity contribution in [3.05, 3.63) is 86.8 Å². The molecule has 1 unspecified atom stereocenters. The number of ether oxygens (including phenoxy) is 1. The molecule has 1 aliphatic carbocycles. The first-order chi connectivity index (χ1) is 16.5. The van der Waals surface area contributed by atoms with Crippen molar-refractivity contribution in [3.63, 3.8) is 0 Å². The third-order valence-electron chi connectivity index (χ3n) is 6.30. The lowest BCUT2D eigenvalue weighted by Crippen LogP contribution is -2.48. The molecule has 2 amide bonds. The first kappa shape index (κ1) is 22.9. The largest absolute Gasteiger partial charge is 0.491 e. The van der Waals surface area contributed by atoms with E-state index in [0.29, 0.717) is 23.9 Å². The van der Waals surface area contributed by atoms with E-state index in [-0.39, 0.29) is 30.1 Å². The lowest BCUT2D eigenvalue weighted by molar-refractivity contribution is -0.135. The highest BCUT2D eigenvalue weighted by atomic mass is 35.5. The van der Waals surface area contributed by atoms with Crippen molar-refractivity contribution in [1.82, 2.24) is 9.80 Å². The molecule has 0 N–H and O–H groups in total. The number of amides is 2. The lowest BCUT2D eigenvalue weighted by Gasteiger charge is -2.37. The highest BCUT2D eigenvalue weighted by Crippen LogP contribution is 2.35. The minimum atomic E-state index is -0.569. The van der Waals surface area contributed by atoms with Crippen LogP contribution in [0, 0.1) is 5.82 Å². The first-order valence-electron chi connectivity index (χ1n) is 11.3. The van der Waals surface area contributed by atoms with Crippen LogP contribution in [-0.4, -0.2) is 47.4 Å². The van der Waals surface area contributed by atoms with E-state index in [0.717, 1.165) is 24.8 Å². The maximum Gasteiger partial charge on any atom is 0.257 e. The third kappa shape index (κ3) is 4.81. The van der Waals surface area contributed by atoms with E-state index in [1.54, 1.807) is 52.6 Å². The predicted molar refractivity (Wildman–Crippen MR) is 130 cm³/mol. The monoisotopic (exact) mass is 498 g/mol. The zero-order valence-corrected chi connectivity index (χ0v) is 20.0. The molecule has 5 rings (SSSR count). The average Bonchev–Trinajstić information content (AvgIpc) is 3.57. The van der Waals surface area contributed by atoms with E-state index in [1.165, 1.54) is 21.9 Å². The van der Waals surface area contributed by atoms with Crippen LogP contribution in [0.4, 0.5) is 4.39 Å². The third-order valence-corrected chi connectivity index (χ3v) is 7.54. The Balaban J connectivity index is 1.34. The maximum absolute atomic E-state index is 14.3. The molecule has 1 fully saturated rings. The summed E-state index contributed by atoms with van der Waals surface area (Å²) < 4.78 is 20.3. The molecular weight excluding hydrogens is 475 g/mol. The van der Waals surface area contributed by atoms with Gasteiger partial charge in [0, 0.05) is 22.5 Å². The second kappa shape index (κ2) is 9.76. The van der Waals surface area contributed by atoms with Gasteiger partial charge in [0.25, 0.3) is 5.91 Å². The highest BCUT2D eigenvalue weighted by molar-refractivity contribution is 7.10. The number of carbonyl (C=O) groups excluding carboxylic acids is 2. The summed E-state index contributed by atoms with van der Waals surface area (Å²) >= 11 is 7.66. The molecule has 2 heterocycles. The van der Waals surface area contributed by atoms with Crippen LogP contribution in [0.25, 0.3) is 0 Å². The summed E-state index contributed by atoms with van der Waals surface area (Å²) in [5, 5.41) is 2.66. The van der Waals surface area contributed by atoms with Crippen molar-refractivity contribution in [3.8, 4) is 5.75 Å².